The highest BCUT2D eigenvalue weighted by Gasteiger charge is 2.48. The van der Waals surface area contributed by atoms with Gasteiger partial charge in [0.2, 0.25) is 5.69 Å². The molecule has 0 aliphatic heterocycles. The van der Waals surface area contributed by atoms with Crippen LogP contribution in [-0.2, 0) is 21.3 Å². The first-order valence-corrected chi connectivity index (χ1v) is 10.1. The molecule has 0 aliphatic rings. The maximum Gasteiger partial charge on any atom is 0.534 e. The first kappa shape index (κ1) is 21.7. The molecular formula is C17H14F3NO5S2. The molecule has 0 aliphatic carbocycles. The minimum absolute atomic E-state index is 0.132. The van der Waals surface area contributed by atoms with E-state index in [-0.39, 0.29) is 17.2 Å². The number of carbonyl (C=O) groups excluding carboxylic acids is 1. The van der Waals surface area contributed by atoms with Gasteiger partial charge in [0.25, 0.3) is 0 Å². The number of thiophene rings is 1. The number of rotatable bonds is 6. The van der Waals surface area contributed by atoms with Gasteiger partial charge < -0.3 is 8.92 Å². The summed E-state index contributed by atoms with van der Waals surface area (Å²) in [7, 11) is -5.79. The van der Waals surface area contributed by atoms with Crippen molar-refractivity contribution >= 4 is 33.1 Å². The highest BCUT2D eigenvalue weighted by atomic mass is 32.2. The van der Waals surface area contributed by atoms with Gasteiger partial charge in [0.05, 0.1) is 13.2 Å². The molecule has 0 atom stereocenters. The molecule has 0 saturated heterocycles. The predicted molar refractivity (Wildman–Crippen MR) is 97.0 cm³/mol. The van der Waals surface area contributed by atoms with Crippen LogP contribution >= 0.6 is 11.3 Å². The topological polar surface area (TPSA) is 74.0 Å². The molecule has 2 aromatic rings. The number of carbonyl (C=O) groups is 1. The first-order valence-electron chi connectivity index (χ1n) is 7.87. The number of aryl methyl sites for hydroxylation is 1. The summed E-state index contributed by atoms with van der Waals surface area (Å²) in [6.45, 7) is 11.0. The fraction of sp³-hybridized carbons (Fsp3) is 0.294. The van der Waals surface area contributed by atoms with Gasteiger partial charge in [-0.05, 0) is 31.0 Å². The quantitative estimate of drug-likeness (QED) is 0.279. The van der Waals surface area contributed by atoms with E-state index in [4.69, 9.17) is 11.3 Å². The molecule has 0 bridgehead atoms. The van der Waals surface area contributed by atoms with Gasteiger partial charge in [0.1, 0.15) is 10.6 Å². The van der Waals surface area contributed by atoms with Crippen molar-refractivity contribution in [1.82, 2.24) is 0 Å². The second kappa shape index (κ2) is 8.20. The summed E-state index contributed by atoms with van der Waals surface area (Å²) in [5.74, 6) is -1.17. The zero-order chi connectivity index (χ0) is 21.1. The number of alkyl halides is 3. The zero-order valence-electron chi connectivity index (χ0n) is 14.7. The molecule has 0 radical (unpaired) electrons. The van der Waals surface area contributed by atoms with Crippen molar-refractivity contribution in [2.75, 3.05) is 6.61 Å². The van der Waals surface area contributed by atoms with Crippen LogP contribution in [0.25, 0.3) is 16.0 Å². The van der Waals surface area contributed by atoms with Crippen LogP contribution in [0.15, 0.2) is 24.3 Å². The molecule has 1 heterocycles. The lowest BCUT2D eigenvalue weighted by Crippen LogP contribution is -2.28. The van der Waals surface area contributed by atoms with Crippen molar-refractivity contribution in [1.29, 1.82) is 0 Å². The van der Waals surface area contributed by atoms with E-state index in [0.29, 0.717) is 22.4 Å². The zero-order valence-corrected chi connectivity index (χ0v) is 16.3. The number of hydrogen-bond donors (Lipinski definition) is 0. The van der Waals surface area contributed by atoms with Crippen LogP contribution in [0, 0.1) is 6.57 Å². The van der Waals surface area contributed by atoms with E-state index in [9.17, 15) is 26.4 Å². The van der Waals surface area contributed by atoms with Gasteiger partial charge in [-0.25, -0.2) is 9.64 Å². The van der Waals surface area contributed by atoms with Crippen molar-refractivity contribution in [2.45, 2.75) is 25.8 Å². The van der Waals surface area contributed by atoms with E-state index in [1.165, 1.54) is 12.1 Å². The van der Waals surface area contributed by atoms with Gasteiger partial charge in [-0.1, -0.05) is 19.1 Å². The maximum atomic E-state index is 12.4. The average Bonchev–Trinajstić information content (AvgIpc) is 3.00. The molecule has 1 aromatic heterocycles. The van der Waals surface area contributed by atoms with E-state index < -0.39 is 27.3 Å². The summed E-state index contributed by atoms with van der Waals surface area (Å²) in [5.41, 5.74) is -4.67. The highest BCUT2D eigenvalue weighted by molar-refractivity contribution is 7.88. The van der Waals surface area contributed by atoms with Crippen molar-refractivity contribution in [3.05, 3.63) is 45.4 Å². The molecule has 1 aromatic carbocycles. The summed E-state index contributed by atoms with van der Waals surface area (Å²) in [4.78, 5) is 16.6. The van der Waals surface area contributed by atoms with Gasteiger partial charge in [-0.3, -0.25) is 0 Å². The minimum atomic E-state index is -5.79. The lowest BCUT2D eigenvalue weighted by Gasteiger charge is -2.10. The van der Waals surface area contributed by atoms with E-state index in [1.54, 1.807) is 6.92 Å². The fourth-order valence-corrected chi connectivity index (χ4v) is 3.84. The number of benzene rings is 1. The fourth-order valence-electron chi connectivity index (χ4n) is 2.29. The Morgan fingerprint density at radius 3 is 2.29 bits per heavy atom. The summed E-state index contributed by atoms with van der Waals surface area (Å²) >= 11 is 1.11. The molecule has 0 spiro atoms. The summed E-state index contributed by atoms with van der Waals surface area (Å²) < 4.78 is 68.5. The van der Waals surface area contributed by atoms with Crippen molar-refractivity contribution < 1.29 is 35.3 Å². The van der Waals surface area contributed by atoms with Crippen LogP contribution in [0.3, 0.4) is 0 Å². The summed E-state index contributed by atoms with van der Waals surface area (Å²) in [6, 6.07) is 4.59. The van der Waals surface area contributed by atoms with Gasteiger partial charge in [0, 0.05) is 10.4 Å². The number of esters is 1. The Balaban J connectivity index is 2.50. The van der Waals surface area contributed by atoms with Gasteiger partial charge in [0.15, 0.2) is 0 Å². The van der Waals surface area contributed by atoms with Crippen LogP contribution in [0.4, 0.5) is 18.9 Å². The van der Waals surface area contributed by atoms with E-state index in [2.05, 4.69) is 9.03 Å². The Kier molecular flexibility index (Phi) is 6.36. The molecule has 0 amide bonds. The molecule has 6 nitrogen and oxygen atoms in total. The number of hydrogen-bond acceptors (Lipinski definition) is 6. The van der Waals surface area contributed by atoms with Gasteiger partial charge in [-0.2, -0.15) is 21.6 Å². The lowest BCUT2D eigenvalue weighted by atomic mass is 10.0. The number of ether oxygens (including phenoxy) is 1. The van der Waals surface area contributed by atoms with Crippen LogP contribution in [0.5, 0.6) is 5.75 Å². The SMILES string of the molecule is [C-]#[N+]c1c(CC)sc(C(=O)OCC)c1-c1ccc(OS(=O)(=O)C(F)(F)F)cc1. The molecule has 11 heteroatoms. The largest absolute Gasteiger partial charge is 0.534 e. The Hall–Kier alpha value is -2.58. The molecule has 0 fully saturated rings. The van der Waals surface area contributed by atoms with Crippen LogP contribution in [0.1, 0.15) is 28.4 Å². The molecule has 150 valence electrons. The first-order chi connectivity index (χ1) is 13.1. The standard InChI is InChI=1S/C17H14F3NO5S2/c1-4-12-14(21-3)13(15(27-12)16(22)25-5-2)10-6-8-11(9-7-10)26-28(23,24)17(18,19)20/h6-9H,4-5H2,1-2H3. The third-order valence-electron chi connectivity index (χ3n) is 3.48. The van der Waals surface area contributed by atoms with Crippen molar-refractivity contribution in [3.63, 3.8) is 0 Å². The van der Waals surface area contributed by atoms with Crippen LogP contribution in [0.2, 0.25) is 0 Å². The molecule has 2 rings (SSSR count). The lowest BCUT2D eigenvalue weighted by molar-refractivity contribution is -0.0500. The maximum absolute atomic E-state index is 12.4. The molecule has 0 unspecified atom stereocenters. The number of halogens is 3. The van der Waals surface area contributed by atoms with E-state index in [0.717, 1.165) is 23.5 Å². The smallest absolute Gasteiger partial charge is 0.462 e. The molecule has 0 saturated carbocycles. The third kappa shape index (κ3) is 4.28. The highest BCUT2D eigenvalue weighted by Crippen LogP contribution is 2.44. The second-order valence-corrected chi connectivity index (χ2v) is 7.91. The minimum Gasteiger partial charge on any atom is -0.462 e. The van der Waals surface area contributed by atoms with Crippen LogP contribution in [-0.4, -0.2) is 26.5 Å². The van der Waals surface area contributed by atoms with E-state index in [1.807, 2.05) is 6.92 Å². The van der Waals surface area contributed by atoms with Gasteiger partial charge >= 0.3 is 21.6 Å². The normalized spacial score (nSPS) is 11.7. The molecule has 0 N–H and O–H groups in total. The third-order valence-corrected chi connectivity index (χ3v) is 5.76. The number of nitrogens with zero attached hydrogens (tertiary/aromatic N) is 1. The summed E-state index contributed by atoms with van der Waals surface area (Å²) in [5, 5.41) is 0. The Labute approximate surface area is 163 Å². The van der Waals surface area contributed by atoms with Crippen LogP contribution < -0.4 is 4.18 Å². The Morgan fingerprint density at radius 2 is 1.82 bits per heavy atom. The van der Waals surface area contributed by atoms with Crippen molar-refractivity contribution in [2.24, 2.45) is 0 Å². The van der Waals surface area contributed by atoms with Crippen molar-refractivity contribution in [3.8, 4) is 16.9 Å². The Morgan fingerprint density at radius 1 is 1.21 bits per heavy atom. The summed E-state index contributed by atoms with van der Waals surface area (Å²) in [6.07, 6.45) is 0.500. The molecule has 28 heavy (non-hydrogen) atoms. The Bertz CT molecular complexity index is 1020. The average molecular weight is 433 g/mol. The molecular weight excluding hydrogens is 419 g/mol. The second-order valence-electron chi connectivity index (χ2n) is 5.27. The monoisotopic (exact) mass is 433 g/mol. The van der Waals surface area contributed by atoms with Gasteiger partial charge in [-0.15, -0.1) is 11.3 Å². The van der Waals surface area contributed by atoms with E-state index >= 15 is 0 Å². The predicted octanol–water partition coefficient (Wildman–Crippen LogP) is 4.93.